The smallest absolute Gasteiger partial charge is 0.315 e. The number of unbranched alkanes of at least 4 members (excludes halogenated alkanes) is 8. The van der Waals surface area contributed by atoms with Gasteiger partial charge in [0.05, 0.1) is 12.1 Å². The van der Waals surface area contributed by atoms with E-state index in [0.717, 1.165) is 50.5 Å². The van der Waals surface area contributed by atoms with Crippen LogP contribution in [0.1, 0.15) is 82.6 Å². The van der Waals surface area contributed by atoms with Gasteiger partial charge in [-0.25, -0.2) is 4.79 Å². The third kappa shape index (κ3) is 10.8. The van der Waals surface area contributed by atoms with Gasteiger partial charge in [-0.3, -0.25) is 4.79 Å². The maximum atomic E-state index is 12.1. The molecule has 37 heavy (non-hydrogen) atoms. The number of ether oxygens (including phenoxy) is 2. The minimum atomic E-state index is -0.164. The monoisotopic (exact) mass is 531 g/mol. The summed E-state index contributed by atoms with van der Waals surface area (Å²) in [6, 6.07) is 9.68. The molecule has 0 radical (unpaired) electrons. The molecule has 2 amide bonds. The molecule has 0 bridgehead atoms. The number of hydrogen-bond acceptors (Lipinski definition) is 6. The second-order valence-corrected chi connectivity index (χ2v) is 11.1. The number of thioether (sulfide) groups is 1. The van der Waals surface area contributed by atoms with Crippen molar-refractivity contribution in [3.63, 3.8) is 0 Å². The standard InChI is InChI=1S/C27H41N5O4S/c28-32-29-18-12-5-3-1-2-4-6-13-19-35-26-25-24(30-27(34)31-25)22(37-26)16-10-11-17-23(33)36-20-21-14-8-7-9-15-21/h7-9,14-15,22,24-26H,1-6,10-13,16-20H2,(H2,30,31,34)/t22?,24-,25-,26-/m1/s1. The zero-order valence-corrected chi connectivity index (χ0v) is 22.5. The third-order valence-electron chi connectivity index (χ3n) is 6.85. The second-order valence-electron chi connectivity index (χ2n) is 9.76. The van der Waals surface area contributed by atoms with Crippen molar-refractivity contribution >= 4 is 23.8 Å². The second kappa shape index (κ2) is 17.2. The van der Waals surface area contributed by atoms with Crippen LogP contribution >= 0.6 is 11.8 Å². The van der Waals surface area contributed by atoms with E-state index in [0.29, 0.717) is 26.2 Å². The molecule has 10 heteroatoms. The topological polar surface area (TPSA) is 125 Å². The number of amides is 2. The van der Waals surface area contributed by atoms with Gasteiger partial charge < -0.3 is 20.1 Å². The number of benzene rings is 1. The Balaban J connectivity index is 1.24. The molecule has 2 N–H and O–H groups in total. The fraction of sp³-hybridized carbons (Fsp3) is 0.704. The Morgan fingerprint density at radius 3 is 2.41 bits per heavy atom. The lowest BCUT2D eigenvalue weighted by atomic mass is 10.0. The number of nitrogens with zero attached hydrogens (tertiary/aromatic N) is 3. The largest absolute Gasteiger partial charge is 0.461 e. The van der Waals surface area contributed by atoms with E-state index in [1.165, 1.54) is 25.7 Å². The minimum Gasteiger partial charge on any atom is -0.461 e. The summed E-state index contributed by atoms with van der Waals surface area (Å²) in [6.07, 6.45) is 12.2. The van der Waals surface area contributed by atoms with Gasteiger partial charge >= 0.3 is 12.0 Å². The Labute approximate surface area is 224 Å². The van der Waals surface area contributed by atoms with E-state index in [1.54, 1.807) is 0 Å². The summed E-state index contributed by atoms with van der Waals surface area (Å²) in [5.74, 6) is -0.164. The van der Waals surface area contributed by atoms with Crippen LogP contribution in [0.2, 0.25) is 0 Å². The Hall–Kier alpha value is -2.42. The molecule has 2 fully saturated rings. The zero-order chi connectivity index (χ0) is 26.1. The SMILES string of the molecule is [N-]=[N+]=NCCCCCCCCCCO[C@@H]1SC(CCCCC(=O)OCc2ccccc2)[C@H]2NC(=O)N[C@@H]12. The van der Waals surface area contributed by atoms with Gasteiger partial charge in [0.2, 0.25) is 0 Å². The van der Waals surface area contributed by atoms with Crippen LogP contribution in [0.4, 0.5) is 4.79 Å². The van der Waals surface area contributed by atoms with Crippen LogP contribution < -0.4 is 10.6 Å². The first kappa shape index (κ1) is 29.1. The normalized spacial score (nSPS) is 22.1. The van der Waals surface area contributed by atoms with Gasteiger partial charge in [-0.2, -0.15) is 0 Å². The molecule has 204 valence electrons. The molecule has 2 heterocycles. The first-order valence-corrected chi connectivity index (χ1v) is 14.7. The summed E-state index contributed by atoms with van der Waals surface area (Å²) in [7, 11) is 0. The quantitative estimate of drug-likeness (QED) is 0.0546. The van der Waals surface area contributed by atoms with E-state index in [9.17, 15) is 9.59 Å². The van der Waals surface area contributed by atoms with Crippen molar-refractivity contribution < 1.29 is 19.1 Å². The van der Waals surface area contributed by atoms with Gasteiger partial charge in [0.1, 0.15) is 12.0 Å². The Morgan fingerprint density at radius 2 is 1.65 bits per heavy atom. The lowest BCUT2D eigenvalue weighted by Gasteiger charge is -2.17. The molecule has 0 aliphatic carbocycles. The van der Waals surface area contributed by atoms with Gasteiger partial charge in [-0.05, 0) is 36.8 Å². The third-order valence-corrected chi connectivity index (χ3v) is 8.42. The van der Waals surface area contributed by atoms with E-state index < -0.39 is 0 Å². The molecule has 0 aromatic heterocycles. The van der Waals surface area contributed by atoms with Crippen LogP contribution in [-0.2, 0) is 20.9 Å². The number of carbonyl (C=O) groups excluding carboxylic acids is 2. The van der Waals surface area contributed by atoms with Crippen LogP contribution in [0, 0.1) is 0 Å². The first-order valence-electron chi connectivity index (χ1n) is 13.7. The summed E-state index contributed by atoms with van der Waals surface area (Å²) in [6.45, 7) is 1.64. The summed E-state index contributed by atoms with van der Waals surface area (Å²) in [5, 5.41) is 9.95. The summed E-state index contributed by atoms with van der Waals surface area (Å²) < 4.78 is 11.6. The molecule has 0 saturated carbocycles. The fourth-order valence-corrected chi connectivity index (χ4v) is 6.47. The fourth-order valence-electron chi connectivity index (χ4n) is 4.83. The average Bonchev–Trinajstić information content (AvgIpc) is 3.44. The van der Waals surface area contributed by atoms with Crippen molar-refractivity contribution in [3.05, 3.63) is 46.3 Å². The Kier molecular flexibility index (Phi) is 13.5. The lowest BCUT2D eigenvalue weighted by molar-refractivity contribution is -0.145. The minimum absolute atomic E-state index is 0.00343. The number of esters is 1. The van der Waals surface area contributed by atoms with Gasteiger partial charge in [0, 0.05) is 29.7 Å². The Morgan fingerprint density at radius 1 is 0.946 bits per heavy atom. The number of nitrogens with one attached hydrogen (secondary N) is 2. The van der Waals surface area contributed by atoms with E-state index >= 15 is 0 Å². The molecule has 2 saturated heterocycles. The van der Waals surface area contributed by atoms with Gasteiger partial charge in [0.25, 0.3) is 0 Å². The predicted molar refractivity (Wildman–Crippen MR) is 146 cm³/mol. The van der Waals surface area contributed by atoms with E-state index in [1.807, 2.05) is 42.1 Å². The zero-order valence-electron chi connectivity index (χ0n) is 21.7. The van der Waals surface area contributed by atoms with Crippen molar-refractivity contribution in [1.29, 1.82) is 0 Å². The number of rotatable bonds is 19. The highest BCUT2D eigenvalue weighted by Gasteiger charge is 2.49. The van der Waals surface area contributed by atoms with Crippen LogP contribution in [0.15, 0.2) is 35.4 Å². The summed E-state index contributed by atoms with van der Waals surface area (Å²) >= 11 is 1.81. The molecule has 9 nitrogen and oxygen atoms in total. The molecular formula is C27H41N5O4S. The maximum absolute atomic E-state index is 12.1. The number of fused-ring (bicyclic) bond motifs is 1. The number of hydrogen-bond donors (Lipinski definition) is 2. The Bertz CT molecular complexity index is 868. The molecule has 1 aromatic carbocycles. The van der Waals surface area contributed by atoms with Gasteiger partial charge in [-0.15, -0.1) is 11.8 Å². The maximum Gasteiger partial charge on any atom is 0.315 e. The van der Waals surface area contributed by atoms with Crippen molar-refractivity contribution in [1.82, 2.24) is 10.6 Å². The van der Waals surface area contributed by atoms with Gasteiger partial charge in [-0.1, -0.05) is 80.4 Å². The molecular weight excluding hydrogens is 490 g/mol. The first-order chi connectivity index (χ1) is 18.2. The van der Waals surface area contributed by atoms with Crippen LogP contribution in [0.25, 0.3) is 10.4 Å². The van der Waals surface area contributed by atoms with Crippen LogP contribution in [0.3, 0.4) is 0 Å². The number of azide groups is 1. The van der Waals surface area contributed by atoms with Crippen molar-refractivity contribution in [2.24, 2.45) is 5.11 Å². The molecule has 2 aliphatic heterocycles. The van der Waals surface area contributed by atoms with Crippen molar-refractivity contribution in [3.8, 4) is 0 Å². The number of urea groups is 1. The highest BCUT2D eigenvalue weighted by molar-refractivity contribution is 8.00. The summed E-state index contributed by atoms with van der Waals surface area (Å²) in [4.78, 5) is 26.8. The number of carbonyl (C=O) groups is 2. The molecule has 1 aromatic rings. The van der Waals surface area contributed by atoms with Crippen molar-refractivity contribution in [2.45, 2.75) is 106 Å². The molecule has 4 atom stereocenters. The molecule has 3 rings (SSSR count). The molecule has 2 aliphatic rings. The highest BCUT2D eigenvalue weighted by atomic mass is 32.2. The lowest BCUT2D eigenvalue weighted by Crippen LogP contribution is -2.40. The van der Waals surface area contributed by atoms with Crippen molar-refractivity contribution in [2.75, 3.05) is 13.2 Å². The van der Waals surface area contributed by atoms with Crippen LogP contribution in [0.5, 0.6) is 0 Å². The highest BCUT2D eigenvalue weighted by Crippen LogP contribution is 2.39. The predicted octanol–water partition coefficient (Wildman–Crippen LogP) is 6.23. The van der Waals surface area contributed by atoms with E-state index in [4.69, 9.17) is 15.0 Å². The molecule has 1 unspecified atom stereocenters. The average molecular weight is 532 g/mol. The van der Waals surface area contributed by atoms with Gasteiger partial charge in [0.15, 0.2) is 0 Å². The van der Waals surface area contributed by atoms with E-state index in [-0.39, 0.29) is 34.8 Å². The molecule has 0 spiro atoms. The van der Waals surface area contributed by atoms with Crippen LogP contribution in [-0.4, -0.2) is 47.9 Å². The summed E-state index contributed by atoms with van der Waals surface area (Å²) in [5.41, 5.74) is 9.23. The van der Waals surface area contributed by atoms with E-state index in [2.05, 4.69) is 20.7 Å².